The summed E-state index contributed by atoms with van der Waals surface area (Å²) in [7, 11) is 0. The number of nitrogens with zero attached hydrogens (tertiary/aromatic N) is 2. The van der Waals surface area contributed by atoms with E-state index in [0.717, 1.165) is 18.3 Å². The number of hydrogen-bond acceptors (Lipinski definition) is 4. The van der Waals surface area contributed by atoms with E-state index in [0.29, 0.717) is 12.1 Å². The van der Waals surface area contributed by atoms with Crippen molar-refractivity contribution in [2.45, 2.75) is 6.18 Å². The van der Waals surface area contributed by atoms with Gasteiger partial charge in [-0.1, -0.05) is 0 Å². The molecule has 22 heavy (non-hydrogen) atoms. The van der Waals surface area contributed by atoms with Gasteiger partial charge < -0.3 is 4.74 Å². The van der Waals surface area contributed by atoms with E-state index < -0.39 is 22.5 Å². The van der Waals surface area contributed by atoms with Crippen LogP contribution in [0.25, 0.3) is 0 Å². The standard InChI is InChI=1S/C12H5BrF4N2O3/c13-9-3-6(19(20)21)5-18-11(9)22-7-1-2-10(14)8(4-7)12(15,16)17/h1-5H. The van der Waals surface area contributed by atoms with Gasteiger partial charge in [0.05, 0.1) is 15.0 Å². The van der Waals surface area contributed by atoms with Crippen LogP contribution in [0.1, 0.15) is 5.56 Å². The van der Waals surface area contributed by atoms with Crippen molar-refractivity contribution in [3.8, 4) is 11.6 Å². The molecule has 2 aromatic rings. The van der Waals surface area contributed by atoms with Gasteiger partial charge in [-0.3, -0.25) is 10.1 Å². The van der Waals surface area contributed by atoms with Crippen LogP contribution in [0.5, 0.6) is 11.6 Å². The molecule has 0 fully saturated rings. The van der Waals surface area contributed by atoms with Gasteiger partial charge in [-0.25, -0.2) is 9.37 Å². The van der Waals surface area contributed by atoms with Crippen molar-refractivity contribution >= 4 is 21.6 Å². The summed E-state index contributed by atoms with van der Waals surface area (Å²) in [4.78, 5) is 13.5. The predicted molar refractivity (Wildman–Crippen MR) is 70.1 cm³/mol. The highest BCUT2D eigenvalue weighted by Crippen LogP contribution is 2.36. The maximum absolute atomic E-state index is 13.2. The lowest BCUT2D eigenvalue weighted by Crippen LogP contribution is -2.08. The predicted octanol–water partition coefficient (Wildman–Crippen LogP) is 4.70. The largest absolute Gasteiger partial charge is 0.438 e. The molecule has 0 saturated heterocycles. The summed E-state index contributed by atoms with van der Waals surface area (Å²) in [6.45, 7) is 0. The van der Waals surface area contributed by atoms with Gasteiger partial charge in [-0.2, -0.15) is 13.2 Å². The molecule has 1 aromatic carbocycles. The molecule has 0 amide bonds. The number of aromatic nitrogens is 1. The number of nitro groups is 1. The minimum absolute atomic E-state index is 0.0691. The average molecular weight is 381 g/mol. The van der Waals surface area contributed by atoms with Gasteiger partial charge in [0.1, 0.15) is 17.8 Å². The number of pyridine rings is 1. The normalized spacial score (nSPS) is 11.3. The van der Waals surface area contributed by atoms with Crippen molar-refractivity contribution in [3.63, 3.8) is 0 Å². The van der Waals surface area contributed by atoms with E-state index in [9.17, 15) is 27.7 Å². The molecule has 5 nitrogen and oxygen atoms in total. The Hall–Kier alpha value is -2.23. The van der Waals surface area contributed by atoms with Gasteiger partial charge in [-0.15, -0.1) is 0 Å². The molecule has 0 unspecified atom stereocenters. The van der Waals surface area contributed by atoms with E-state index in [1.807, 2.05) is 0 Å². The highest BCUT2D eigenvalue weighted by molar-refractivity contribution is 9.10. The first-order valence-electron chi connectivity index (χ1n) is 5.53. The fourth-order valence-electron chi connectivity index (χ4n) is 1.49. The van der Waals surface area contributed by atoms with Crippen LogP contribution in [0.15, 0.2) is 34.9 Å². The summed E-state index contributed by atoms with van der Waals surface area (Å²) in [5.41, 5.74) is -1.81. The Bertz CT molecular complexity index is 737. The molecular formula is C12H5BrF4N2O3. The van der Waals surface area contributed by atoms with E-state index >= 15 is 0 Å². The zero-order valence-corrected chi connectivity index (χ0v) is 12.0. The third-order valence-electron chi connectivity index (χ3n) is 2.46. The van der Waals surface area contributed by atoms with Crippen molar-refractivity contribution in [1.82, 2.24) is 4.98 Å². The van der Waals surface area contributed by atoms with Crippen LogP contribution in [0.2, 0.25) is 0 Å². The third-order valence-corrected chi connectivity index (χ3v) is 3.03. The number of benzene rings is 1. The first kappa shape index (κ1) is 16.1. The van der Waals surface area contributed by atoms with E-state index in [2.05, 4.69) is 20.9 Å². The highest BCUT2D eigenvalue weighted by Gasteiger charge is 2.34. The lowest BCUT2D eigenvalue weighted by atomic mass is 10.2. The third kappa shape index (κ3) is 3.50. The number of rotatable bonds is 3. The van der Waals surface area contributed by atoms with Gasteiger partial charge in [0.2, 0.25) is 5.88 Å². The fourth-order valence-corrected chi connectivity index (χ4v) is 1.90. The fraction of sp³-hybridized carbons (Fsp3) is 0.0833. The maximum atomic E-state index is 13.2. The Morgan fingerprint density at radius 2 is 1.95 bits per heavy atom. The van der Waals surface area contributed by atoms with Crippen molar-refractivity contribution in [3.05, 3.63) is 56.4 Å². The molecular weight excluding hydrogens is 376 g/mol. The first-order valence-corrected chi connectivity index (χ1v) is 6.32. The van der Waals surface area contributed by atoms with Crippen LogP contribution in [0, 0.1) is 15.9 Å². The lowest BCUT2D eigenvalue weighted by molar-refractivity contribution is -0.385. The number of ether oxygens (including phenoxy) is 1. The molecule has 0 N–H and O–H groups in total. The van der Waals surface area contributed by atoms with Crippen LogP contribution < -0.4 is 4.74 Å². The molecule has 1 aromatic heterocycles. The average Bonchev–Trinajstić information content (AvgIpc) is 2.41. The van der Waals surface area contributed by atoms with E-state index in [4.69, 9.17) is 4.74 Å². The lowest BCUT2D eigenvalue weighted by Gasteiger charge is -2.11. The minimum atomic E-state index is -4.87. The minimum Gasteiger partial charge on any atom is -0.438 e. The molecule has 0 bridgehead atoms. The van der Waals surface area contributed by atoms with Crippen LogP contribution in [0.4, 0.5) is 23.2 Å². The Labute approximate surface area is 128 Å². The van der Waals surface area contributed by atoms with Crippen LogP contribution in [-0.2, 0) is 6.18 Å². The summed E-state index contributed by atoms with van der Waals surface area (Å²) < 4.78 is 56.1. The summed E-state index contributed by atoms with van der Waals surface area (Å²) in [5.74, 6) is -1.93. The maximum Gasteiger partial charge on any atom is 0.419 e. The SMILES string of the molecule is O=[N+]([O-])c1cnc(Oc2ccc(F)c(C(F)(F)F)c2)c(Br)c1. The van der Waals surface area contributed by atoms with E-state index in [-0.39, 0.29) is 21.8 Å². The molecule has 2 rings (SSSR count). The van der Waals surface area contributed by atoms with E-state index in [1.165, 1.54) is 0 Å². The second-order valence-electron chi connectivity index (χ2n) is 3.98. The quantitative estimate of drug-likeness (QED) is 0.439. The molecule has 0 spiro atoms. The van der Waals surface area contributed by atoms with Crippen molar-refractivity contribution in [2.75, 3.05) is 0 Å². The monoisotopic (exact) mass is 380 g/mol. The Morgan fingerprint density at radius 3 is 2.50 bits per heavy atom. The number of halogens is 5. The smallest absolute Gasteiger partial charge is 0.419 e. The van der Waals surface area contributed by atoms with Crippen molar-refractivity contribution in [1.29, 1.82) is 0 Å². The molecule has 0 saturated carbocycles. The van der Waals surface area contributed by atoms with Gasteiger partial charge in [0.25, 0.3) is 5.69 Å². The van der Waals surface area contributed by atoms with E-state index in [1.54, 1.807) is 0 Å². The topological polar surface area (TPSA) is 65.3 Å². The summed E-state index contributed by atoms with van der Waals surface area (Å²) in [5, 5.41) is 10.6. The number of hydrogen-bond donors (Lipinski definition) is 0. The zero-order valence-electron chi connectivity index (χ0n) is 10.4. The summed E-state index contributed by atoms with van der Waals surface area (Å²) >= 11 is 2.96. The number of alkyl halides is 3. The van der Waals surface area contributed by atoms with Crippen molar-refractivity contribution in [2.24, 2.45) is 0 Å². The summed E-state index contributed by atoms with van der Waals surface area (Å²) in [6, 6.07) is 3.15. The highest BCUT2D eigenvalue weighted by atomic mass is 79.9. The summed E-state index contributed by atoms with van der Waals surface area (Å²) in [6.07, 6.45) is -3.99. The molecule has 0 radical (unpaired) electrons. The van der Waals surface area contributed by atoms with Gasteiger partial charge in [-0.05, 0) is 34.1 Å². The molecule has 0 aliphatic carbocycles. The van der Waals surface area contributed by atoms with Crippen molar-refractivity contribution < 1.29 is 27.2 Å². The molecule has 10 heteroatoms. The Kier molecular flexibility index (Phi) is 4.31. The molecule has 0 aliphatic rings. The van der Waals surface area contributed by atoms with Crippen LogP contribution in [-0.4, -0.2) is 9.91 Å². The molecule has 116 valence electrons. The van der Waals surface area contributed by atoms with Gasteiger partial charge in [0.15, 0.2) is 0 Å². The molecule has 0 aliphatic heterocycles. The second-order valence-corrected chi connectivity index (χ2v) is 4.83. The zero-order chi connectivity index (χ0) is 16.5. The van der Waals surface area contributed by atoms with Gasteiger partial charge >= 0.3 is 6.18 Å². The molecule has 0 atom stereocenters. The molecule has 1 heterocycles. The Balaban J connectivity index is 2.34. The van der Waals surface area contributed by atoms with Crippen LogP contribution in [0.3, 0.4) is 0 Å². The Morgan fingerprint density at radius 1 is 1.27 bits per heavy atom. The van der Waals surface area contributed by atoms with Gasteiger partial charge in [0, 0.05) is 6.07 Å². The van der Waals surface area contributed by atoms with Crippen LogP contribution >= 0.6 is 15.9 Å². The first-order chi connectivity index (χ1) is 10.2. The second kappa shape index (κ2) is 5.87.